The van der Waals surface area contributed by atoms with Crippen molar-refractivity contribution in [2.75, 3.05) is 13.2 Å². The first-order chi connectivity index (χ1) is 17.6. The Bertz CT molecular complexity index is 885. The molecule has 36 heavy (non-hydrogen) atoms. The summed E-state index contributed by atoms with van der Waals surface area (Å²) in [5.41, 5.74) is 1.10. The van der Waals surface area contributed by atoms with E-state index in [1.807, 2.05) is 30.3 Å². The zero-order chi connectivity index (χ0) is 25.8. The van der Waals surface area contributed by atoms with Crippen LogP contribution in [0, 0.1) is 0 Å². The van der Waals surface area contributed by atoms with Gasteiger partial charge in [-0.2, -0.15) is 0 Å². The van der Waals surface area contributed by atoms with Crippen LogP contribution in [0.2, 0.25) is 0 Å². The highest BCUT2D eigenvalue weighted by molar-refractivity contribution is 5.92. The number of cyclic esters (lactones) is 2. The first-order valence-electron chi connectivity index (χ1n) is 12.9. The first kappa shape index (κ1) is 28.9. The minimum absolute atomic E-state index is 0.0643. The van der Waals surface area contributed by atoms with Gasteiger partial charge in [-0.05, 0) is 30.5 Å². The van der Waals surface area contributed by atoms with Gasteiger partial charge in [0.15, 0.2) is 0 Å². The number of phenols is 1. The third kappa shape index (κ3) is 12.9. The molecule has 0 spiro atoms. The summed E-state index contributed by atoms with van der Waals surface area (Å²) in [4.78, 5) is 34.4. The number of aromatic hydroxyl groups is 1. The summed E-state index contributed by atoms with van der Waals surface area (Å²) >= 11 is 0. The van der Waals surface area contributed by atoms with Crippen molar-refractivity contribution < 1.29 is 33.7 Å². The normalized spacial score (nSPS) is 16.3. The predicted molar refractivity (Wildman–Crippen MR) is 136 cm³/mol. The minimum atomic E-state index is -0.521. The second-order valence-corrected chi connectivity index (χ2v) is 8.70. The summed E-state index contributed by atoms with van der Waals surface area (Å²) in [6.45, 7) is 0.573. The van der Waals surface area contributed by atoms with Crippen molar-refractivity contribution in [1.82, 2.24) is 0 Å². The molecule has 196 valence electrons. The molecular formula is C29H38O7. The second kappa shape index (κ2) is 18.0. The Kier molecular flexibility index (Phi) is 14.4. The molecule has 0 atom stereocenters. The van der Waals surface area contributed by atoms with E-state index < -0.39 is 5.97 Å². The van der Waals surface area contributed by atoms with Crippen LogP contribution >= 0.6 is 0 Å². The highest BCUT2D eigenvalue weighted by Crippen LogP contribution is 2.17. The maximum absolute atomic E-state index is 11.7. The molecule has 1 heterocycles. The summed E-state index contributed by atoms with van der Waals surface area (Å²) < 4.78 is 15.1. The number of ether oxygens (including phenoxy) is 3. The highest BCUT2D eigenvalue weighted by atomic mass is 16.6. The van der Waals surface area contributed by atoms with Gasteiger partial charge < -0.3 is 19.3 Å². The van der Waals surface area contributed by atoms with Gasteiger partial charge in [-0.15, -0.1) is 0 Å². The fourth-order valence-corrected chi connectivity index (χ4v) is 3.68. The highest BCUT2D eigenvalue weighted by Gasteiger charge is 2.11. The number of phenolic OH excluding ortho intramolecular Hbond substituents is 1. The number of para-hydroxylation sites is 1. The molecule has 0 aliphatic carbocycles. The summed E-state index contributed by atoms with van der Waals surface area (Å²) in [6, 6.07) is 15.7. The Labute approximate surface area is 213 Å². The van der Waals surface area contributed by atoms with Crippen LogP contribution in [-0.2, 0) is 30.4 Å². The molecule has 0 amide bonds. The van der Waals surface area contributed by atoms with Crippen LogP contribution in [0.15, 0.2) is 54.6 Å². The summed E-state index contributed by atoms with van der Waals surface area (Å²) in [5.74, 6) is -0.946. The molecule has 0 aromatic heterocycles. The quantitative estimate of drug-likeness (QED) is 0.402. The lowest BCUT2D eigenvalue weighted by molar-refractivity contribution is -0.152. The maximum atomic E-state index is 11.7. The van der Waals surface area contributed by atoms with Crippen molar-refractivity contribution in [1.29, 1.82) is 0 Å². The van der Waals surface area contributed by atoms with Crippen LogP contribution in [0.1, 0.15) is 86.6 Å². The molecule has 3 rings (SSSR count). The Morgan fingerprint density at radius 2 is 1.17 bits per heavy atom. The topological polar surface area (TPSA) is 99.1 Å². The van der Waals surface area contributed by atoms with Crippen molar-refractivity contribution in [3.05, 3.63) is 65.7 Å². The van der Waals surface area contributed by atoms with E-state index >= 15 is 0 Å². The van der Waals surface area contributed by atoms with E-state index in [1.165, 1.54) is 44.2 Å². The fourth-order valence-electron chi connectivity index (χ4n) is 3.68. The molecule has 7 heteroatoms. The molecule has 1 fully saturated rings. The zero-order valence-corrected chi connectivity index (χ0v) is 21.0. The lowest BCUT2D eigenvalue weighted by Crippen LogP contribution is -2.13. The van der Waals surface area contributed by atoms with Crippen LogP contribution in [0.3, 0.4) is 0 Å². The van der Waals surface area contributed by atoms with Gasteiger partial charge in [0.05, 0.1) is 0 Å². The van der Waals surface area contributed by atoms with Gasteiger partial charge in [0.2, 0.25) is 0 Å². The number of benzene rings is 2. The summed E-state index contributed by atoms with van der Waals surface area (Å²) in [5, 5.41) is 9.48. The molecule has 0 unspecified atom stereocenters. The average molecular weight is 499 g/mol. The van der Waals surface area contributed by atoms with E-state index in [9.17, 15) is 19.5 Å². The molecule has 2 aromatic carbocycles. The molecule has 0 bridgehead atoms. The van der Waals surface area contributed by atoms with E-state index in [2.05, 4.69) is 0 Å². The van der Waals surface area contributed by atoms with Gasteiger partial charge in [0.1, 0.15) is 31.1 Å². The molecule has 1 N–H and O–H groups in total. The molecule has 2 aromatic rings. The second-order valence-electron chi connectivity index (χ2n) is 8.70. The Morgan fingerprint density at radius 1 is 0.694 bits per heavy atom. The number of rotatable bonds is 3. The first-order valence-corrected chi connectivity index (χ1v) is 12.9. The number of esters is 3. The summed E-state index contributed by atoms with van der Waals surface area (Å²) in [6.07, 6.45) is 11.1. The monoisotopic (exact) mass is 498 g/mol. The number of hydrogen-bond donors (Lipinski definition) is 1. The molecule has 0 saturated carbocycles. The minimum Gasteiger partial charge on any atom is -0.507 e. The van der Waals surface area contributed by atoms with Crippen LogP contribution < -0.4 is 0 Å². The zero-order valence-electron chi connectivity index (χ0n) is 21.0. The SMILES string of the molecule is O=C(OCc1ccccc1)c1ccccc1O.O=C1CCCCCCCCCCCC(=O)OCCO1. The Hall–Kier alpha value is -3.35. The van der Waals surface area contributed by atoms with E-state index in [-0.39, 0.29) is 43.1 Å². The lowest BCUT2D eigenvalue weighted by atomic mass is 10.1. The van der Waals surface area contributed by atoms with Gasteiger partial charge in [-0.25, -0.2) is 4.79 Å². The Balaban J connectivity index is 0.000000255. The van der Waals surface area contributed by atoms with Crippen molar-refractivity contribution in [2.45, 2.75) is 77.2 Å². The van der Waals surface area contributed by atoms with E-state index in [0.29, 0.717) is 12.8 Å². The fraction of sp³-hybridized carbons (Fsp3) is 0.483. The van der Waals surface area contributed by atoms with Gasteiger partial charge >= 0.3 is 17.9 Å². The maximum Gasteiger partial charge on any atom is 0.342 e. The molecule has 1 aliphatic rings. The summed E-state index contributed by atoms with van der Waals surface area (Å²) in [7, 11) is 0. The Morgan fingerprint density at radius 3 is 1.69 bits per heavy atom. The van der Waals surface area contributed by atoms with Gasteiger partial charge in [-0.3, -0.25) is 9.59 Å². The van der Waals surface area contributed by atoms with Crippen LogP contribution in [0.25, 0.3) is 0 Å². The van der Waals surface area contributed by atoms with Gasteiger partial charge in [0.25, 0.3) is 0 Å². The standard InChI is InChI=1S/C15H26O4.C14H12O3/c16-14-10-8-6-4-2-1-3-5-7-9-11-15(17)19-13-12-18-14;15-13-9-5-4-8-12(13)14(16)17-10-11-6-2-1-3-7-11/h1-13H2;1-9,15H,10H2. The van der Waals surface area contributed by atoms with E-state index in [0.717, 1.165) is 31.2 Å². The number of hydrogen-bond acceptors (Lipinski definition) is 7. The third-order valence-corrected chi connectivity index (χ3v) is 5.71. The predicted octanol–water partition coefficient (Wildman–Crippen LogP) is 6.13. The third-order valence-electron chi connectivity index (χ3n) is 5.71. The molecule has 7 nitrogen and oxygen atoms in total. The van der Waals surface area contributed by atoms with E-state index in [4.69, 9.17) is 14.2 Å². The van der Waals surface area contributed by atoms with Crippen molar-refractivity contribution in [3.8, 4) is 5.75 Å². The van der Waals surface area contributed by atoms with Crippen molar-refractivity contribution in [2.24, 2.45) is 0 Å². The van der Waals surface area contributed by atoms with Crippen LogP contribution in [0.5, 0.6) is 5.75 Å². The molecule has 1 aliphatic heterocycles. The van der Waals surface area contributed by atoms with Gasteiger partial charge in [-0.1, -0.05) is 87.4 Å². The largest absolute Gasteiger partial charge is 0.507 e. The van der Waals surface area contributed by atoms with Gasteiger partial charge in [0, 0.05) is 12.8 Å². The van der Waals surface area contributed by atoms with Crippen LogP contribution in [0.4, 0.5) is 0 Å². The molecular weight excluding hydrogens is 460 g/mol. The van der Waals surface area contributed by atoms with E-state index in [1.54, 1.807) is 12.1 Å². The number of carbonyl (C=O) groups excluding carboxylic acids is 3. The molecule has 0 radical (unpaired) electrons. The van der Waals surface area contributed by atoms with Crippen molar-refractivity contribution in [3.63, 3.8) is 0 Å². The average Bonchev–Trinajstić information content (AvgIpc) is 2.89. The molecule has 1 saturated heterocycles. The smallest absolute Gasteiger partial charge is 0.342 e. The lowest BCUT2D eigenvalue weighted by Gasteiger charge is -2.06. The number of carbonyl (C=O) groups is 3. The van der Waals surface area contributed by atoms with Crippen molar-refractivity contribution >= 4 is 17.9 Å². The van der Waals surface area contributed by atoms with Crippen LogP contribution in [-0.4, -0.2) is 36.2 Å².